The SMILES string of the molecule is Cc1ccc(S(=O)(=O)N(CC(C)(C)C/C=C/c2ccc(F)cc2)C(=O)O)cc1. The van der Waals surface area contributed by atoms with Gasteiger partial charge in [0.05, 0.1) is 4.90 Å². The summed E-state index contributed by atoms with van der Waals surface area (Å²) in [6.07, 6.45) is 2.54. The average Bonchev–Trinajstić information content (AvgIpc) is 2.61. The molecule has 150 valence electrons. The van der Waals surface area contributed by atoms with Crippen molar-refractivity contribution >= 4 is 22.2 Å². The van der Waals surface area contributed by atoms with Crippen molar-refractivity contribution in [3.8, 4) is 0 Å². The monoisotopic (exact) mass is 405 g/mol. The number of carboxylic acid groups (broad SMARTS) is 1. The molecule has 1 amide bonds. The van der Waals surface area contributed by atoms with E-state index >= 15 is 0 Å². The quantitative estimate of drug-likeness (QED) is 0.709. The maximum absolute atomic E-state index is 12.9. The van der Waals surface area contributed by atoms with Crippen LogP contribution in [0.1, 0.15) is 31.4 Å². The molecule has 0 atom stereocenters. The van der Waals surface area contributed by atoms with E-state index in [-0.39, 0.29) is 17.3 Å². The van der Waals surface area contributed by atoms with Gasteiger partial charge in [0, 0.05) is 6.54 Å². The minimum atomic E-state index is -4.16. The van der Waals surface area contributed by atoms with Crippen LogP contribution in [0.25, 0.3) is 6.08 Å². The van der Waals surface area contributed by atoms with Crippen molar-refractivity contribution < 1.29 is 22.7 Å². The number of aryl methyl sites for hydroxylation is 1. The van der Waals surface area contributed by atoms with Gasteiger partial charge in [-0.15, -0.1) is 0 Å². The van der Waals surface area contributed by atoms with Crippen molar-refractivity contribution in [2.45, 2.75) is 32.1 Å². The third-order valence-electron chi connectivity index (χ3n) is 4.24. The molecule has 0 aliphatic rings. The predicted molar refractivity (Wildman–Crippen MR) is 107 cm³/mol. The molecule has 0 fully saturated rings. The minimum absolute atomic E-state index is 0.0573. The Morgan fingerprint density at radius 3 is 2.21 bits per heavy atom. The molecule has 0 unspecified atom stereocenters. The third-order valence-corrected chi connectivity index (χ3v) is 5.98. The van der Waals surface area contributed by atoms with E-state index in [1.165, 1.54) is 24.3 Å². The van der Waals surface area contributed by atoms with E-state index in [4.69, 9.17) is 0 Å². The standard InChI is InChI=1S/C21H24FNO4S/c1-16-6-12-19(13-7-16)28(26,27)23(20(24)25)15-21(2,3)14-4-5-17-8-10-18(22)11-9-17/h4-13H,14-15H2,1-3H3,(H,24,25)/b5-4+. The van der Waals surface area contributed by atoms with Gasteiger partial charge in [-0.25, -0.2) is 17.6 Å². The van der Waals surface area contributed by atoms with E-state index in [2.05, 4.69) is 0 Å². The van der Waals surface area contributed by atoms with Crippen molar-refractivity contribution in [2.24, 2.45) is 5.41 Å². The van der Waals surface area contributed by atoms with Crippen LogP contribution in [0.5, 0.6) is 0 Å². The molecular weight excluding hydrogens is 381 g/mol. The number of carbonyl (C=O) groups is 1. The van der Waals surface area contributed by atoms with Crippen LogP contribution >= 0.6 is 0 Å². The van der Waals surface area contributed by atoms with Gasteiger partial charge in [-0.3, -0.25) is 0 Å². The second kappa shape index (κ2) is 8.56. The van der Waals surface area contributed by atoms with E-state index in [0.717, 1.165) is 11.1 Å². The molecule has 0 aliphatic heterocycles. The van der Waals surface area contributed by atoms with Gasteiger partial charge >= 0.3 is 6.09 Å². The third kappa shape index (κ3) is 5.66. The van der Waals surface area contributed by atoms with Crippen molar-refractivity contribution in [2.75, 3.05) is 6.54 Å². The number of hydrogen-bond donors (Lipinski definition) is 1. The minimum Gasteiger partial charge on any atom is -0.464 e. The first-order valence-electron chi connectivity index (χ1n) is 8.76. The Morgan fingerprint density at radius 1 is 1.11 bits per heavy atom. The molecule has 2 rings (SSSR count). The molecule has 0 saturated heterocycles. The number of rotatable bonds is 7. The lowest BCUT2D eigenvalue weighted by atomic mass is 9.89. The number of sulfonamides is 1. The molecular formula is C21H24FNO4S. The first kappa shape index (κ1) is 21.6. The Morgan fingerprint density at radius 2 is 1.68 bits per heavy atom. The smallest absolute Gasteiger partial charge is 0.421 e. The van der Waals surface area contributed by atoms with Crippen LogP contribution in [-0.4, -0.2) is 30.5 Å². The van der Waals surface area contributed by atoms with Crippen LogP contribution in [0.4, 0.5) is 9.18 Å². The van der Waals surface area contributed by atoms with Gasteiger partial charge in [-0.1, -0.05) is 55.8 Å². The number of nitrogens with zero attached hydrogens (tertiary/aromatic N) is 1. The summed E-state index contributed by atoms with van der Waals surface area (Å²) in [6.45, 7) is 5.22. The molecule has 0 heterocycles. The normalized spacial score (nSPS) is 12.3. The van der Waals surface area contributed by atoms with Crippen molar-refractivity contribution in [1.82, 2.24) is 4.31 Å². The highest BCUT2D eigenvalue weighted by Gasteiger charge is 2.34. The van der Waals surface area contributed by atoms with Gasteiger partial charge in [-0.05, 0) is 48.6 Å². The fraction of sp³-hybridized carbons (Fsp3) is 0.286. The summed E-state index contributed by atoms with van der Waals surface area (Å²) in [5.74, 6) is -0.323. The van der Waals surface area contributed by atoms with Crippen LogP contribution in [0.15, 0.2) is 59.5 Å². The Balaban J connectivity index is 2.16. The fourth-order valence-electron chi connectivity index (χ4n) is 2.63. The van der Waals surface area contributed by atoms with Crippen molar-refractivity contribution in [1.29, 1.82) is 0 Å². The summed E-state index contributed by atoms with van der Waals surface area (Å²) >= 11 is 0. The Bertz CT molecular complexity index is 949. The molecule has 1 N–H and O–H groups in total. The second-order valence-electron chi connectivity index (χ2n) is 7.43. The van der Waals surface area contributed by atoms with Crippen LogP contribution in [0, 0.1) is 18.2 Å². The molecule has 0 bridgehead atoms. The zero-order valence-electron chi connectivity index (χ0n) is 16.1. The number of halogens is 1. The van der Waals surface area contributed by atoms with Gasteiger partial charge in [0.2, 0.25) is 0 Å². The topological polar surface area (TPSA) is 74.7 Å². The molecule has 0 aliphatic carbocycles. The molecule has 0 aromatic heterocycles. The molecule has 0 radical (unpaired) electrons. The second-order valence-corrected chi connectivity index (χ2v) is 9.29. The lowest BCUT2D eigenvalue weighted by Gasteiger charge is -2.29. The summed E-state index contributed by atoms with van der Waals surface area (Å²) in [5, 5.41) is 9.51. The largest absolute Gasteiger partial charge is 0.464 e. The molecule has 0 spiro atoms. The van der Waals surface area contributed by atoms with E-state index in [0.29, 0.717) is 10.7 Å². The maximum Gasteiger partial charge on any atom is 0.421 e. The van der Waals surface area contributed by atoms with Gasteiger partial charge in [-0.2, -0.15) is 4.31 Å². The Kier molecular flexibility index (Phi) is 6.61. The summed E-state index contributed by atoms with van der Waals surface area (Å²) in [5.41, 5.74) is 1.05. The molecule has 2 aromatic rings. The highest BCUT2D eigenvalue weighted by atomic mass is 32.2. The van der Waals surface area contributed by atoms with Crippen molar-refractivity contribution in [3.63, 3.8) is 0 Å². The summed E-state index contributed by atoms with van der Waals surface area (Å²) in [4.78, 5) is 11.6. The lowest BCUT2D eigenvalue weighted by Crippen LogP contribution is -2.42. The van der Waals surface area contributed by atoms with E-state index in [1.54, 1.807) is 44.2 Å². The maximum atomic E-state index is 12.9. The number of amides is 1. The molecule has 0 saturated carbocycles. The van der Waals surface area contributed by atoms with E-state index < -0.39 is 21.5 Å². The molecule has 2 aromatic carbocycles. The molecule has 28 heavy (non-hydrogen) atoms. The zero-order valence-corrected chi connectivity index (χ0v) is 16.9. The van der Waals surface area contributed by atoms with Crippen LogP contribution in [0.2, 0.25) is 0 Å². The van der Waals surface area contributed by atoms with Crippen LogP contribution in [-0.2, 0) is 10.0 Å². The van der Waals surface area contributed by atoms with Gasteiger partial charge in [0.15, 0.2) is 0 Å². The molecule has 5 nitrogen and oxygen atoms in total. The van der Waals surface area contributed by atoms with Crippen LogP contribution < -0.4 is 0 Å². The number of allylic oxidation sites excluding steroid dienone is 1. The molecule has 7 heteroatoms. The van der Waals surface area contributed by atoms with Gasteiger partial charge in [0.25, 0.3) is 10.0 Å². The van der Waals surface area contributed by atoms with Crippen molar-refractivity contribution in [3.05, 3.63) is 71.6 Å². The average molecular weight is 405 g/mol. The number of benzene rings is 2. The van der Waals surface area contributed by atoms with Gasteiger partial charge < -0.3 is 5.11 Å². The Hall–Kier alpha value is -2.67. The Labute approximate surface area is 165 Å². The predicted octanol–water partition coefficient (Wildman–Crippen LogP) is 4.93. The number of hydrogen-bond acceptors (Lipinski definition) is 3. The summed E-state index contributed by atoms with van der Waals surface area (Å²) < 4.78 is 39.0. The summed E-state index contributed by atoms with van der Waals surface area (Å²) in [6, 6.07) is 12.0. The van der Waals surface area contributed by atoms with E-state index in [9.17, 15) is 22.7 Å². The fourth-order valence-corrected chi connectivity index (χ4v) is 4.09. The van der Waals surface area contributed by atoms with E-state index in [1.807, 2.05) is 13.0 Å². The summed E-state index contributed by atoms with van der Waals surface area (Å²) in [7, 11) is -4.16. The highest BCUT2D eigenvalue weighted by Crippen LogP contribution is 2.27. The highest BCUT2D eigenvalue weighted by molar-refractivity contribution is 7.89. The van der Waals surface area contributed by atoms with Gasteiger partial charge in [0.1, 0.15) is 5.82 Å². The first-order valence-corrected chi connectivity index (χ1v) is 10.2. The lowest BCUT2D eigenvalue weighted by molar-refractivity contribution is 0.158. The first-order chi connectivity index (χ1) is 13.0. The van der Waals surface area contributed by atoms with Crippen LogP contribution in [0.3, 0.4) is 0 Å². The zero-order chi connectivity index (χ0) is 20.9.